The van der Waals surface area contributed by atoms with Crippen LogP contribution in [0.4, 0.5) is 0 Å². The maximum absolute atomic E-state index is 12.1. The van der Waals surface area contributed by atoms with Crippen molar-refractivity contribution in [3.05, 3.63) is 35.0 Å². The van der Waals surface area contributed by atoms with Crippen LogP contribution in [0.2, 0.25) is 0 Å². The molecule has 142 valence electrons. The van der Waals surface area contributed by atoms with E-state index >= 15 is 0 Å². The average Bonchev–Trinajstić information content (AvgIpc) is 2.60. The molecule has 0 saturated heterocycles. The highest BCUT2D eigenvalue weighted by Crippen LogP contribution is 2.34. The van der Waals surface area contributed by atoms with Crippen molar-refractivity contribution in [2.75, 3.05) is 13.7 Å². The van der Waals surface area contributed by atoms with Crippen LogP contribution >= 0.6 is 12.2 Å². The van der Waals surface area contributed by atoms with E-state index in [9.17, 15) is 4.79 Å². The van der Waals surface area contributed by atoms with Crippen LogP contribution in [-0.2, 0) is 4.79 Å². The third-order valence-corrected chi connectivity index (χ3v) is 4.64. The molecule has 1 aromatic rings. The first-order valence-electron chi connectivity index (χ1n) is 9.07. The number of hydrogen-bond donors (Lipinski definition) is 2. The Morgan fingerprint density at radius 2 is 2.00 bits per heavy atom. The monoisotopic (exact) mass is 376 g/mol. The largest absolute Gasteiger partial charge is 0.493 e. The number of ketones is 1. The number of benzene rings is 1. The number of thiocarbonyl (C=S) groups is 1. The molecule has 2 N–H and O–H groups in total. The lowest BCUT2D eigenvalue weighted by molar-refractivity contribution is -0.114. The minimum Gasteiger partial charge on any atom is -0.493 e. The molecule has 1 aliphatic heterocycles. The summed E-state index contributed by atoms with van der Waals surface area (Å²) in [4.78, 5) is 12.1. The fourth-order valence-electron chi connectivity index (χ4n) is 3.10. The Hall–Kier alpha value is -2.08. The van der Waals surface area contributed by atoms with Crippen molar-refractivity contribution in [2.45, 2.75) is 52.5 Å². The topological polar surface area (TPSA) is 59.6 Å². The Morgan fingerprint density at radius 3 is 2.65 bits per heavy atom. The van der Waals surface area contributed by atoms with Crippen molar-refractivity contribution in [1.82, 2.24) is 10.6 Å². The summed E-state index contributed by atoms with van der Waals surface area (Å²) in [6, 6.07) is 5.46. The third kappa shape index (κ3) is 4.97. The number of unbranched alkanes of at least 4 members (excludes halogenated alkanes) is 3. The van der Waals surface area contributed by atoms with Gasteiger partial charge in [0.1, 0.15) is 0 Å². The van der Waals surface area contributed by atoms with Crippen molar-refractivity contribution < 1.29 is 14.3 Å². The third-order valence-electron chi connectivity index (χ3n) is 4.42. The Bertz CT molecular complexity index is 700. The van der Waals surface area contributed by atoms with Gasteiger partial charge in [-0.25, -0.2) is 0 Å². The maximum atomic E-state index is 12.1. The lowest BCUT2D eigenvalue weighted by atomic mass is 9.93. The first-order valence-corrected chi connectivity index (χ1v) is 9.48. The van der Waals surface area contributed by atoms with Crippen LogP contribution in [0.1, 0.15) is 58.1 Å². The van der Waals surface area contributed by atoms with E-state index in [-0.39, 0.29) is 11.8 Å². The van der Waals surface area contributed by atoms with Crippen LogP contribution in [0.3, 0.4) is 0 Å². The molecule has 1 aromatic carbocycles. The fraction of sp³-hybridized carbons (Fsp3) is 0.500. The van der Waals surface area contributed by atoms with Crippen LogP contribution in [-0.4, -0.2) is 24.6 Å². The smallest absolute Gasteiger partial charge is 0.171 e. The van der Waals surface area contributed by atoms with Gasteiger partial charge in [0.25, 0.3) is 0 Å². The zero-order valence-electron chi connectivity index (χ0n) is 16.0. The van der Waals surface area contributed by atoms with E-state index in [1.54, 1.807) is 14.0 Å². The van der Waals surface area contributed by atoms with Crippen molar-refractivity contribution in [3.63, 3.8) is 0 Å². The van der Waals surface area contributed by atoms with E-state index in [4.69, 9.17) is 21.7 Å². The van der Waals surface area contributed by atoms with E-state index in [1.807, 2.05) is 25.1 Å². The molecule has 0 amide bonds. The second kappa shape index (κ2) is 9.57. The predicted octanol–water partition coefficient (Wildman–Crippen LogP) is 4.04. The number of Topliss-reactive ketones (excluding diaryl/α,β-unsaturated/α-hetero) is 1. The van der Waals surface area contributed by atoms with Crippen LogP contribution in [0.5, 0.6) is 11.5 Å². The summed E-state index contributed by atoms with van der Waals surface area (Å²) in [6.45, 7) is 6.29. The number of rotatable bonds is 9. The number of hydrogen-bond acceptors (Lipinski definition) is 4. The summed E-state index contributed by atoms with van der Waals surface area (Å²) in [5.41, 5.74) is 2.36. The van der Waals surface area contributed by atoms with E-state index in [1.165, 1.54) is 19.3 Å². The van der Waals surface area contributed by atoms with Gasteiger partial charge in [0.05, 0.1) is 19.8 Å². The van der Waals surface area contributed by atoms with Gasteiger partial charge in [-0.1, -0.05) is 32.3 Å². The summed E-state index contributed by atoms with van der Waals surface area (Å²) in [5.74, 6) is 1.38. The van der Waals surface area contributed by atoms with Crippen molar-refractivity contribution in [2.24, 2.45) is 0 Å². The van der Waals surface area contributed by atoms with Crippen LogP contribution in [0, 0.1) is 0 Å². The van der Waals surface area contributed by atoms with Crippen molar-refractivity contribution >= 4 is 23.1 Å². The summed E-state index contributed by atoms with van der Waals surface area (Å²) in [5, 5.41) is 6.70. The maximum Gasteiger partial charge on any atom is 0.171 e. The Morgan fingerprint density at radius 1 is 1.23 bits per heavy atom. The van der Waals surface area contributed by atoms with Gasteiger partial charge < -0.3 is 20.1 Å². The molecule has 0 bridgehead atoms. The van der Waals surface area contributed by atoms with Crippen molar-refractivity contribution in [3.8, 4) is 11.5 Å². The SMILES string of the molecule is CCCCCCOc1ccc(C2NC(=S)NC(C)=C2C(C)=O)cc1OC. The zero-order chi connectivity index (χ0) is 19.1. The Balaban J connectivity index is 2.20. The predicted molar refractivity (Wildman–Crippen MR) is 108 cm³/mol. The van der Waals surface area contributed by atoms with E-state index in [0.717, 1.165) is 17.7 Å². The van der Waals surface area contributed by atoms with E-state index in [0.29, 0.717) is 28.8 Å². The molecule has 0 spiro atoms. The fourth-order valence-corrected chi connectivity index (χ4v) is 3.38. The van der Waals surface area contributed by atoms with Crippen molar-refractivity contribution in [1.29, 1.82) is 0 Å². The molecule has 0 radical (unpaired) electrons. The van der Waals surface area contributed by atoms with E-state index < -0.39 is 0 Å². The first kappa shape index (κ1) is 20.2. The number of carbonyl (C=O) groups excluding carboxylic acids is 1. The highest BCUT2D eigenvalue weighted by atomic mass is 32.1. The molecule has 0 fully saturated rings. The molecule has 0 aliphatic carbocycles. The van der Waals surface area contributed by atoms with Gasteiger partial charge in [-0.3, -0.25) is 4.79 Å². The standard InChI is InChI=1S/C20H28N2O3S/c1-5-6-7-8-11-25-16-10-9-15(12-17(16)24-4)19-18(14(3)23)13(2)21-20(26)22-19/h9-10,12,19H,5-8,11H2,1-4H3,(H2,21,22,26). The molecule has 2 rings (SSSR count). The molecular formula is C20H28N2O3S. The number of methoxy groups -OCH3 is 1. The van der Waals surface area contributed by atoms with Gasteiger partial charge >= 0.3 is 0 Å². The zero-order valence-corrected chi connectivity index (χ0v) is 16.8. The molecular weight excluding hydrogens is 348 g/mol. The van der Waals surface area contributed by atoms with Gasteiger partial charge in [0, 0.05) is 11.3 Å². The Labute approximate surface area is 161 Å². The lowest BCUT2D eigenvalue weighted by Gasteiger charge is -2.30. The second-order valence-electron chi connectivity index (χ2n) is 6.45. The van der Waals surface area contributed by atoms with Gasteiger partial charge in [-0.05, 0) is 50.2 Å². The quantitative estimate of drug-likeness (QED) is 0.501. The summed E-state index contributed by atoms with van der Waals surface area (Å²) >= 11 is 5.25. The summed E-state index contributed by atoms with van der Waals surface area (Å²) in [7, 11) is 1.62. The first-order chi connectivity index (χ1) is 12.5. The number of carbonyl (C=O) groups is 1. The molecule has 1 aliphatic rings. The number of allylic oxidation sites excluding steroid dienone is 1. The molecule has 5 nitrogen and oxygen atoms in total. The molecule has 1 atom stereocenters. The Kier molecular flexibility index (Phi) is 7.45. The molecule has 6 heteroatoms. The van der Waals surface area contributed by atoms with Crippen LogP contribution in [0.25, 0.3) is 0 Å². The highest BCUT2D eigenvalue weighted by Gasteiger charge is 2.28. The molecule has 1 unspecified atom stereocenters. The number of nitrogens with one attached hydrogen (secondary N) is 2. The minimum absolute atomic E-state index is 0.00483. The van der Waals surface area contributed by atoms with E-state index in [2.05, 4.69) is 17.6 Å². The molecule has 1 heterocycles. The normalized spacial score (nSPS) is 16.8. The number of ether oxygens (including phenoxy) is 2. The average molecular weight is 377 g/mol. The second-order valence-corrected chi connectivity index (χ2v) is 6.85. The van der Waals surface area contributed by atoms with Gasteiger partial charge in [-0.2, -0.15) is 0 Å². The van der Waals surface area contributed by atoms with Gasteiger partial charge in [0.15, 0.2) is 22.4 Å². The van der Waals surface area contributed by atoms with Crippen LogP contribution < -0.4 is 20.1 Å². The molecule has 0 saturated carbocycles. The summed E-state index contributed by atoms with van der Waals surface area (Å²) < 4.78 is 11.4. The lowest BCUT2D eigenvalue weighted by Crippen LogP contribution is -2.44. The molecule has 0 aromatic heterocycles. The van der Waals surface area contributed by atoms with Crippen LogP contribution in [0.15, 0.2) is 29.5 Å². The van der Waals surface area contributed by atoms with Gasteiger partial charge in [-0.15, -0.1) is 0 Å². The highest BCUT2D eigenvalue weighted by molar-refractivity contribution is 7.80. The van der Waals surface area contributed by atoms with Gasteiger partial charge in [0.2, 0.25) is 0 Å². The molecule has 26 heavy (non-hydrogen) atoms. The summed E-state index contributed by atoms with van der Waals surface area (Å²) in [6.07, 6.45) is 4.62. The minimum atomic E-state index is -0.297.